The molecule has 2 aromatic rings. The number of ketones is 1. The Bertz CT molecular complexity index is 719. The molecule has 0 bridgehead atoms. The van der Waals surface area contributed by atoms with Crippen LogP contribution in [0.3, 0.4) is 0 Å². The monoisotopic (exact) mass is 294 g/mol. The van der Waals surface area contributed by atoms with Gasteiger partial charge in [-0.25, -0.2) is 14.2 Å². The van der Waals surface area contributed by atoms with E-state index in [0.717, 1.165) is 12.1 Å². The highest BCUT2D eigenvalue weighted by molar-refractivity contribution is 6.35. The fraction of sp³-hybridized carbons (Fsp3) is 0. The SMILES string of the molecule is Nc1nccc(C(=O)c2cc(F)ccc2Cl)c1C(=O)O. The topological polar surface area (TPSA) is 93.3 Å². The molecule has 0 saturated heterocycles. The molecule has 0 amide bonds. The summed E-state index contributed by atoms with van der Waals surface area (Å²) in [4.78, 5) is 27.1. The van der Waals surface area contributed by atoms with Crippen LogP contribution < -0.4 is 5.73 Å². The molecule has 0 spiro atoms. The van der Waals surface area contributed by atoms with Gasteiger partial charge in [0.15, 0.2) is 5.78 Å². The number of aromatic nitrogens is 1. The van der Waals surface area contributed by atoms with Crippen LogP contribution in [-0.2, 0) is 0 Å². The maximum absolute atomic E-state index is 13.2. The Morgan fingerprint density at radius 1 is 1.25 bits per heavy atom. The minimum atomic E-state index is -1.40. The first-order chi connectivity index (χ1) is 9.41. The molecule has 0 aliphatic carbocycles. The number of carboxylic acid groups (broad SMARTS) is 1. The number of hydrogen-bond donors (Lipinski definition) is 2. The third-order valence-electron chi connectivity index (χ3n) is 2.61. The molecule has 0 aliphatic rings. The Hall–Kier alpha value is -2.47. The molecule has 3 N–H and O–H groups in total. The Labute approximate surface area is 117 Å². The highest BCUT2D eigenvalue weighted by atomic mass is 35.5. The number of nitrogens with zero attached hydrogens (tertiary/aromatic N) is 1. The van der Waals surface area contributed by atoms with Crippen LogP contribution in [0.25, 0.3) is 0 Å². The lowest BCUT2D eigenvalue weighted by atomic mass is 9.99. The fourth-order valence-electron chi connectivity index (χ4n) is 1.71. The number of halogens is 2. The van der Waals surface area contributed by atoms with Gasteiger partial charge in [0.2, 0.25) is 0 Å². The van der Waals surface area contributed by atoms with Crippen LogP contribution in [0.2, 0.25) is 5.02 Å². The molecule has 0 fully saturated rings. The van der Waals surface area contributed by atoms with E-state index >= 15 is 0 Å². The second kappa shape index (κ2) is 5.26. The van der Waals surface area contributed by atoms with Crippen molar-refractivity contribution in [1.82, 2.24) is 4.98 Å². The van der Waals surface area contributed by atoms with Crippen LogP contribution in [0.1, 0.15) is 26.3 Å². The first-order valence-corrected chi connectivity index (χ1v) is 5.77. The maximum atomic E-state index is 13.2. The smallest absolute Gasteiger partial charge is 0.340 e. The Kier molecular flexibility index (Phi) is 3.67. The number of nitrogens with two attached hydrogens (primary N) is 1. The summed E-state index contributed by atoms with van der Waals surface area (Å²) in [5.41, 5.74) is 4.69. The van der Waals surface area contributed by atoms with E-state index in [-0.39, 0.29) is 22.0 Å². The lowest BCUT2D eigenvalue weighted by Gasteiger charge is -2.08. The van der Waals surface area contributed by atoms with Crippen molar-refractivity contribution in [2.45, 2.75) is 0 Å². The summed E-state index contributed by atoms with van der Waals surface area (Å²) >= 11 is 5.83. The molecular formula is C13H8ClFN2O3. The molecule has 7 heteroatoms. The number of nitrogen functional groups attached to an aromatic ring is 1. The molecule has 5 nitrogen and oxygen atoms in total. The summed E-state index contributed by atoms with van der Waals surface area (Å²) in [6.45, 7) is 0. The predicted molar refractivity (Wildman–Crippen MR) is 70.5 cm³/mol. The Balaban J connectivity index is 2.63. The zero-order chi connectivity index (χ0) is 14.9. The van der Waals surface area contributed by atoms with E-state index in [1.807, 2.05) is 0 Å². The molecule has 2 rings (SSSR count). The highest BCUT2D eigenvalue weighted by Crippen LogP contribution is 2.24. The Morgan fingerprint density at radius 3 is 2.60 bits per heavy atom. The Morgan fingerprint density at radius 2 is 1.95 bits per heavy atom. The van der Waals surface area contributed by atoms with Crippen molar-refractivity contribution in [3.63, 3.8) is 0 Å². The second-order valence-electron chi connectivity index (χ2n) is 3.88. The number of carbonyl (C=O) groups excluding carboxylic acids is 1. The summed E-state index contributed by atoms with van der Waals surface area (Å²) in [6.07, 6.45) is 1.20. The van der Waals surface area contributed by atoms with Crippen LogP contribution in [0, 0.1) is 5.82 Å². The van der Waals surface area contributed by atoms with Gasteiger partial charge in [0, 0.05) is 17.3 Å². The molecule has 0 radical (unpaired) electrons. The molecule has 1 aromatic carbocycles. The predicted octanol–water partition coefficient (Wildman–Crippen LogP) is 2.39. The largest absolute Gasteiger partial charge is 0.478 e. The molecule has 20 heavy (non-hydrogen) atoms. The number of anilines is 1. The minimum absolute atomic E-state index is 0.0168. The third kappa shape index (κ3) is 2.46. The molecule has 1 aromatic heterocycles. The lowest BCUT2D eigenvalue weighted by Crippen LogP contribution is -2.14. The number of benzene rings is 1. The van der Waals surface area contributed by atoms with Gasteiger partial charge in [-0.2, -0.15) is 0 Å². The van der Waals surface area contributed by atoms with E-state index in [9.17, 15) is 14.0 Å². The quantitative estimate of drug-likeness (QED) is 0.848. The zero-order valence-corrected chi connectivity index (χ0v) is 10.7. The van der Waals surface area contributed by atoms with Crippen LogP contribution in [-0.4, -0.2) is 21.8 Å². The van der Waals surface area contributed by atoms with E-state index in [1.54, 1.807) is 0 Å². The minimum Gasteiger partial charge on any atom is -0.478 e. The van der Waals surface area contributed by atoms with Gasteiger partial charge < -0.3 is 10.8 Å². The second-order valence-corrected chi connectivity index (χ2v) is 4.28. The summed E-state index contributed by atoms with van der Waals surface area (Å²) < 4.78 is 13.2. The van der Waals surface area contributed by atoms with Crippen molar-refractivity contribution < 1.29 is 19.1 Å². The van der Waals surface area contributed by atoms with Crippen molar-refractivity contribution in [3.05, 3.63) is 58.0 Å². The van der Waals surface area contributed by atoms with Crippen molar-refractivity contribution in [1.29, 1.82) is 0 Å². The van der Waals surface area contributed by atoms with Crippen LogP contribution >= 0.6 is 11.6 Å². The summed E-state index contributed by atoms with van der Waals surface area (Å²) in [5.74, 6) is -3.08. The van der Waals surface area contributed by atoms with E-state index in [4.69, 9.17) is 22.4 Å². The average molecular weight is 295 g/mol. The van der Waals surface area contributed by atoms with Crippen LogP contribution in [0.5, 0.6) is 0 Å². The normalized spacial score (nSPS) is 10.3. The number of hydrogen-bond acceptors (Lipinski definition) is 4. The molecular weight excluding hydrogens is 287 g/mol. The zero-order valence-electron chi connectivity index (χ0n) is 9.93. The van der Waals surface area contributed by atoms with Gasteiger partial charge in [0.1, 0.15) is 17.2 Å². The summed E-state index contributed by atoms with van der Waals surface area (Å²) in [7, 11) is 0. The van der Waals surface area contributed by atoms with E-state index in [2.05, 4.69) is 4.98 Å². The van der Waals surface area contributed by atoms with Crippen molar-refractivity contribution in [3.8, 4) is 0 Å². The van der Waals surface area contributed by atoms with Gasteiger partial charge in [-0.15, -0.1) is 0 Å². The van der Waals surface area contributed by atoms with Gasteiger partial charge in [0.25, 0.3) is 0 Å². The number of pyridine rings is 1. The maximum Gasteiger partial charge on any atom is 0.340 e. The summed E-state index contributed by atoms with van der Waals surface area (Å²) in [6, 6.07) is 4.45. The molecule has 0 aliphatic heterocycles. The van der Waals surface area contributed by atoms with Gasteiger partial charge in [-0.1, -0.05) is 11.6 Å². The van der Waals surface area contributed by atoms with Crippen molar-refractivity contribution >= 4 is 29.2 Å². The third-order valence-corrected chi connectivity index (χ3v) is 2.94. The van der Waals surface area contributed by atoms with Gasteiger partial charge in [-0.05, 0) is 24.3 Å². The standard InChI is InChI=1S/C13H8ClFN2O3/c14-9-2-1-6(15)5-8(9)11(18)7-3-4-17-12(16)10(7)13(19)20/h1-5H,(H2,16,17)(H,19,20). The fourth-order valence-corrected chi connectivity index (χ4v) is 1.91. The van der Waals surface area contributed by atoms with E-state index in [1.165, 1.54) is 18.3 Å². The van der Waals surface area contributed by atoms with Crippen molar-refractivity contribution in [2.24, 2.45) is 0 Å². The molecule has 102 valence electrons. The molecule has 0 saturated carbocycles. The highest BCUT2D eigenvalue weighted by Gasteiger charge is 2.23. The van der Waals surface area contributed by atoms with Gasteiger partial charge in [-0.3, -0.25) is 4.79 Å². The number of aromatic carboxylic acids is 1. The molecule has 0 unspecified atom stereocenters. The molecule has 1 heterocycles. The van der Waals surface area contributed by atoms with Gasteiger partial charge >= 0.3 is 5.97 Å². The van der Waals surface area contributed by atoms with Crippen LogP contribution in [0.15, 0.2) is 30.5 Å². The average Bonchev–Trinajstić information content (AvgIpc) is 2.40. The molecule has 0 atom stereocenters. The lowest BCUT2D eigenvalue weighted by molar-refractivity contribution is 0.0693. The first kappa shape index (κ1) is 14.0. The number of carboxylic acids is 1. The van der Waals surface area contributed by atoms with Crippen molar-refractivity contribution in [2.75, 3.05) is 5.73 Å². The van der Waals surface area contributed by atoms with E-state index in [0.29, 0.717) is 0 Å². The first-order valence-electron chi connectivity index (χ1n) is 5.39. The van der Waals surface area contributed by atoms with E-state index < -0.39 is 23.1 Å². The summed E-state index contributed by atoms with van der Waals surface area (Å²) in [5, 5.41) is 9.10. The van der Waals surface area contributed by atoms with Crippen LogP contribution in [0.4, 0.5) is 10.2 Å². The number of rotatable bonds is 3. The number of carbonyl (C=O) groups is 2. The van der Waals surface area contributed by atoms with Gasteiger partial charge in [0.05, 0.1) is 5.02 Å².